The molecule has 0 radical (unpaired) electrons. The van der Waals surface area contributed by atoms with Gasteiger partial charge in [0.2, 0.25) is 0 Å². The first-order valence-electron chi connectivity index (χ1n) is 8.25. The molecule has 5 nitrogen and oxygen atoms in total. The van der Waals surface area contributed by atoms with Crippen LogP contribution in [0.1, 0.15) is 41.8 Å². The van der Waals surface area contributed by atoms with Gasteiger partial charge in [-0.3, -0.25) is 9.89 Å². The minimum atomic E-state index is 0. The summed E-state index contributed by atoms with van der Waals surface area (Å²) in [4.78, 5) is 12.8. The highest BCUT2D eigenvalue weighted by Gasteiger charge is 2.20. The highest BCUT2D eigenvalue weighted by atomic mass is 127. The molecule has 1 aliphatic rings. The van der Waals surface area contributed by atoms with Crippen molar-refractivity contribution in [3.8, 4) is 0 Å². The Morgan fingerprint density at radius 2 is 2.00 bits per heavy atom. The van der Waals surface area contributed by atoms with E-state index in [0.29, 0.717) is 6.04 Å². The second kappa shape index (κ2) is 10.5. The lowest BCUT2D eigenvalue weighted by Gasteiger charge is -2.27. The monoisotopic (exact) mass is 451 g/mol. The smallest absolute Gasteiger partial charge is 0.191 e. The topological polar surface area (TPSA) is 52.6 Å². The number of halogens is 1. The number of aromatic nitrogens is 1. The SMILES string of the molecule is CCC(CNC(=NC)NCc1nc(C)c(C)s1)N1CCCC1.I. The molecule has 1 fully saturated rings. The van der Waals surface area contributed by atoms with E-state index < -0.39 is 0 Å². The number of likely N-dealkylation sites (tertiary alicyclic amines) is 1. The average Bonchev–Trinajstić information content (AvgIpc) is 3.14. The van der Waals surface area contributed by atoms with Crippen LogP contribution in [0.4, 0.5) is 0 Å². The number of hydrogen-bond acceptors (Lipinski definition) is 4. The van der Waals surface area contributed by atoms with Crippen molar-refractivity contribution in [3.63, 3.8) is 0 Å². The van der Waals surface area contributed by atoms with E-state index in [1.54, 1.807) is 11.3 Å². The second-order valence-electron chi connectivity index (χ2n) is 5.86. The molecule has 1 atom stereocenters. The molecule has 0 aromatic carbocycles. The molecule has 0 bridgehead atoms. The largest absolute Gasteiger partial charge is 0.355 e. The Balaban J connectivity index is 0.00000264. The fraction of sp³-hybridized carbons (Fsp3) is 0.750. The van der Waals surface area contributed by atoms with E-state index in [9.17, 15) is 0 Å². The van der Waals surface area contributed by atoms with Crippen molar-refractivity contribution < 1.29 is 0 Å². The van der Waals surface area contributed by atoms with Gasteiger partial charge in [0.25, 0.3) is 0 Å². The number of hydrogen-bond donors (Lipinski definition) is 2. The third-order valence-corrected chi connectivity index (χ3v) is 5.41. The van der Waals surface area contributed by atoms with E-state index >= 15 is 0 Å². The zero-order valence-corrected chi connectivity index (χ0v) is 17.8. The first kappa shape index (κ1) is 20.6. The molecular formula is C16H30IN5S. The molecule has 2 heterocycles. The second-order valence-corrected chi connectivity index (χ2v) is 7.15. The summed E-state index contributed by atoms with van der Waals surface area (Å²) in [5, 5.41) is 7.94. The molecule has 23 heavy (non-hydrogen) atoms. The van der Waals surface area contributed by atoms with Gasteiger partial charge < -0.3 is 10.6 Å². The minimum Gasteiger partial charge on any atom is -0.355 e. The Bertz CT molecular complexity index is 477. The molecule has 1 unspecified atom stereocenters. The first-order chi connectivity index (χ1) is 10.6. The van der Waals surface area contributed by atoms with Crippen LogP contribution in [0.2, 0.25) is 0 Å². The zero-order chi connectivity index (χ0) is 15.9. The average molecular weight is 451 g/mol. The summed E-state index contributed by atoms with van der Waals surface area (Å²) in [6.45, 7) is 10.6. The van der Waals surface area contributed by atoms with Crippen LogP contribution < -0.4 is 10.6 Å². The molecule has 0 spiro atoms. The Morgan fingerprint density at radius 1 is 1.30 bits per heavy atom. The normalized spacial score (nSPS) is 17.0. The molecule has 1 saturated heterocycles. The Hall–Kier alpha value is -0.410. The van der Waals surface area contributed by atoms with Crippen LogP contribution in [0.25, 0.3) is 0 Å². The van der Waals surface area contributed by atoms with Gasteiger partial charge in [0.05, 0.1) is 12.2 Å². The molecule has 2 rings (SSSR count). The number of thiazole rings is 1. The molecule has 0 aliphatic carbocycles. The highest BCUT2D eigenvalue weighted by molar-refractivity contribution is 14.0. The third-order valence-electron chi connectivity index (χ3n) is 4.34. The number of rotatable bonds is 6. The van der Waals surface area contributed by atoms with Crippen molar-refractivity contribution in [1.29, 1.82) is 0 Å². The Labute approximate surface area is 161 Å². The molecule has 1 aliphatic heterocycles. The van der Waals surface area contributed by atoms with Gasteiger partial charge in [0, 0.05) is 24.5 Å². The first-order valence-corrected chi connectivity index (χ1v) is 9.07. The van der Waals surface area contributed by atoms with Crippen LogP contribution >= 0.6 is 35.3 Å². The fourth-order valence-electron chi connectivity index (χ4n) is 2.85. The van der Waals surface area contributed by atoms with E-state index in [1.165, 1.54) is 37.2 Å². The predicted molar refractivity (Wildman–Crippen MR) is 110 cm³/mol. The van der Waals surface area contributed by atoms with Crippen molar-refractivity contribution in [2.75, 3.05) is 26.7 Å². The zero-order valence-electron chi connectivity index (χ0n) is 14.7. The van der Waals surface area contributed by atoms with Crippen LogP contribution in [-0.4, -0.2) is 48.6 Å². The van der Waals surface area contributed by atoms with Crippen molar-refractivity contribution in [2.45, 2.75) is 52.6 Å². The molecule has 1 aromatic heterocycles. The van der Waals surface area contributed by atoms with E-state index in [1.807, 2.05) is 7.05 Å². The summed E-state index contributed by atoms with van der Waals surface area (Å²) in [5.74, 6) is 0.864. The number of guanidine groups is 1. The molecule has 2 N–H and O–H groups in total. The van der Waals surface area contributed by atoms with Gasteiger partial charge in [-0.05, 0) is 46.2 Å². The van der Waals surface area contributed by atoms with Crippen molar-refractivity contribution in [1.82, 2.24) is 20.5 Å². The lowest BCUT2D eigenvalue weighted by atomic mass is 10.2. The lowest BCUT2D eigenvalue weighted by Crippen LogP contribution is -2.46. The van der Waals surface area contributed by atoms with E-state index in [0.717, 1.165) is 29.8 Å². The highest BCUT2D eigenvalue weighted by Crippen LogP contribution is 2.16. The number of aryl methyl sites for hydroxylation is 2. The van der Waals surface area contributed by atoms with E-state index in [2.05, 4.69) is 46.3 Å². The quantitative estimate of drug-likeness (QED) is 0.397. The number of nitrogens with one attached hydrogen (secondary N) is 2. The molecule has 0 saturated carbocycles. The summed E-state index contributed by atoms with van der Waals surface area (Å²) in [5.41, 5.74) is 1.13. The van der Waals surface area contributed by atoms with Gasteiger partial charge in [-0.25, -0.2) is 4.98 Å². The Kier molecular flexibility index (Phi) is 9.38. The van der Waals surface area contributed by atoms with Crippen LogP contribution in [0.3, 0.4) is 0 Å². The van der Waals surface area contributed by atoms with Gasteiger partial charge in [-0.1, -0.05) is 6.92 Å². The standard InChI is InChI=1S/C16H29N5S.HI/c1-5-14(21-8-6-7-9-21)10-18-16(17-4)19-11-15-20-12(2)13(3)22-15;/h14H,5-11H2,1-4H3,(H2,17,18,19);1H. The summed E-state index contributed by atoms with van der Waals surface area (Å²) in [7, 11) is 1.82. The van der Waals surface area contributed by atoms with Crippen LogP contribution in [0.15, 0.2) is 4.99 Å². The lowest BCUT2D eigenvalue weighted by molar-refractivity contribution is 0.236. The van der Waals surface area contributed by atoms with Crippen LogP contribution in [0.5, 0.6) is 0 Å². The number of nitrogens with zero attached hydrogens (tertiary/aromatic N) is 3. The van der Waals surface area contributed by atoms with Crippen molar-refractivity contribution in [2.24, 2.45) is 4.99 Å². The summed E-state index contributed by atoms with van der Waals surface area (Å²) in [6, 6.07) is 0.602. The van der Waals surface area contributed by atoms with Crippen LogP contribution in [0, 0.1) is 13.8 Å². The van der Waals surface area contributed by atoms with Gasteiger partial charge in [-0.2, -0.15) is 0 Å². The third kappa shape index (κ3) is 6.19. The molecular weight excluding hydrogens is 421 g/mol. The van der Waals surface area contributed by atoms with Gasteiger partial charge in [0.15, 0.2) is 5.96 Å². The fourth-order valence-corrected chi connectivity index (χ4v) is 3.72. The van der Waals surface area contributed by atoms with E-state index in [-0.39, 0.29) is 24.0 Å². The summed E-state index contributed by atoms with van der Waals surface area (Å²) < 4.78 is 0. The summed E-state index contributed by atoms with van der Waals surface area (Å²) in [6.07, 6.45) is 3.85. The Morgan fingerprint density at radius 3 is 2.52 bits per heavy atom. The van der Waals surface area contributed by atoms with Crippen molar-refractivity contribution >= 4 is 41.3 Å². The maximum absolute atomic E-state index is 4.56. The van der Waals surface area contributed by atoms with Gasteiger partial charge in [0.1, 0.15) is 5.01 Å². The maximum Gasteiger partial charge on any atom is 0.191 e. The maximum atomic E-state index is 4.56. The van der Waals surface area contributed by atoms with Crippen molar-refractivity contribution in [3.05, 3.63) is 15.6 Å². The van der Waals surface area contributed by atoms with E-state index in [4.69, 9.17) is 0 Å². The molecule has 1 aromatic rings. The predicted octanol–water partition coefficient (Wildman–Crippen LogP) is 2.92. The van der Waals surface area contributed by atoms with Crippen LogP contribution in [-0.2, 0) is 6.54 Å². The van der Waals surface area contributed by atoms with Gasteiger partial charge >= 0.3 is 0 Å². The minimum absolute atomic E-state index is 0. The summed E-state index contributed by atoms with van der Waals surface area (Å²) >= 11 is 1.75. The molecule has 0 amide bonds. The molecule has 7 heteroatoms. The number of aliphatic imine (C=N–C) groups is 1. The van der Waals surface area contributed by atoms with Gasteiger partial charge in [-0.15, -0.1) is 35.3 Å². The molecule has 132 valence electrons.